The van der Waals surface area contributed by atoms with Crippen LogP contribution in [0.2, 0.25) is 5.02 Å². The molecular formula is C22H27ClN4O5. The van der Waals surface area contributed by atoms with Crippen LogP contribution in [0.5, 0.6) is 0 Å². The Morgan fingerprint density at radius 3 is 2.78 bits per heavy atom. The van der Waals surface area contributed by atoms with Gasteiger partial charge in [-0.3, -0.25) is 15.0 Å². The Balaban J connectivity index is 1.41. The summed E-state index contributed by atoms with van der Waals surface area (Å²) >= 11 is 6.23. The quantitative estimate of drug-likeness (QED) is 0.643. The fourth-order valence-corrected chi connectivity index (χ4v) is 4.01. The lowest BCUT2D eigenvalue weighted by molar-refractivity contribution is -0.128. The molecule has 32 heavy (non-hydrogen) atoms. The van der Waals surface area contributed by atoms with Crippen LogP contribution < -0.4 is 5.43 Å². The highest BCUT2D eigenvalue weighted by atomic mass is 35.5. The van der Waals surface area contributed by atoms with Gasteiger partial charge in [0.1, 0.15) is 0 Å². The molecule has 0 unspecified atom stereocenters. The number of benzene rings is 1. The summed E-state index contributed by atoms with van der Waals surface area (Å²) in [6, 6.07) is 8.79. The number of nitrogens with one attached hydrogen (secondary N) is 1. The third kappa shape index (κ3) is 5.86. The summed E-state index contributed by atoms with van der Waals surface area (Å²) in [4.78, 5) is 27.3. The molecule has 1 aromatic heterocycles. The van der Waals surface area contributed by atoms with E-state index in [4.69, 9.17) is 25.6 Å². The molecule has 0 radical (unpaired) electrons. The minimum atomic E-state index is -0.304. The van der Waals surface area contributed by atoms with Crippen LogP contribution >= 0.6 is 11.6 Å². The molecule has 4 rings (SSSR count). The molecule has 2 amide bonds. The molecule has 0 aliphatic carbocycles. The maximum atomic E-state index is 13.2. The van der Waals surface area contributed by atoms with Gasteiger partial charge in [0.2, 0.25) is 5.91 Å². The maximum absolute atomic E-state index is 13.2. The monoisotopic (exact) mass is 462 g/mol. The Morgan fingerprint density at radius 2 is 2.03 bits per heavy atom. The minimum absolute atomic E-state index is 0.0452. The van der Waals surface area contributed by atoms with Crippen molar-refractivity contribution in [1.82, 2.24) is 20.5 Å². The van der Waals surface area contributed by atoms with Gasteiger partial charge in [0.05, 0.1) is 24.3 Å². The number of ether oxygens (including phenoxy) is 2. The number of halogens is 1. The zero-order valence-corrected chi connectivity index (χ0v) is 18.6. The van der Waals surface area contributed by atoms with Crippen LogP contribution in [0, 0.1) is 0 Å². The standard InChI is InChI=1S/C22H27ClN4O5/c23-18-6-2-1-5-17(18)20-14-19(25-32-20)22(29)26(15-16-4-3-11-31-16)8-7-21(28)24-27-9-12-30-13-10-27/h1-2,5-6,14,16H,3-4,7-13,15H2,(H,24,28)/t16-/m0/s1. The van der Waals surface area contributed by atoms with E-state index in [1.54, 1.807) is 23.1 Å². The summed E-state index contributed by atoms with van der Waals surface area (Å²) in [5, 5.41) is 6.31. The third-order valence-electron chi connectivity index (χ3n) is 5.51. The van der Waals surface area contributed by atoms with Gasteiger partial charge in [-0.2, -0.15) is 0 Å². The SMILES string of the molecule is O=C(CCN(C[C@@H]1CCCO1)C(=O)c1cc(-c2ccccc2Cl)on1)NN1CCOCC1. The highest BCUT2D eigenvalue weighted by molar-refractivity contribution is 6.33. The van der Waals surface area contributed by atoms with E-state index in [0.717, 1.165) is 12.8 Å². The predicted molar refractivity (Wildman–Crippen MR) is 117 cm³/mol. The number of hydrazine groups is 1. The van der Waals surface area contributed by atoms with Crippen LogP contribution in [0.25, 0.3) is 11.3 Å². The summed E-state index contributed by atoms with van der Waals surface area (Å²) < 4.78 is 16.4. The van der Waals surface area contributed by atoms with Crippen molar-refractivity contribution >= 4 is 23.4 Å². The molecule has 2 aliphatic heterocycles. The van der Waals surface area contributed by atoms with E-state index >= 15 is 0 Å². The number of carbonyl (C=O) groups excluding carboxylic acids is 2. The number of carbonyl (C=O) groups is 2. The highest BCUT2D eigenvalue weighted by Gasteiger charge is 2.26. The Morgan fingerprint density at radius 1 is 1.22 bits per heavy atom. The first kappa shape index (κ1) is 22.7. The van der Waals surface area contributed by atoms with Crippen molar-refractivity contribution in [2.24, 2.45) is 0 Å². The van der Waals surface area contributed by atoms with Gasteiger partial charge in [-0.25, -0.2) is 5.01 Å². The fourth-order valence-electron chi connectivity index (χ4n) is 3.78. The van der Waals surface area contributed by atoms with Gasteiger partial charge in [-0.05, 0) is 25.0 Å². The van der Waals surface area contributed by atoms with Gasteiger partial charge < -0.3 is 18.9 Å². The molecule has 3 heterocycles. The second-order valence-electron chi connectivity index (χ2n) is 7.83. The molecule has 0 spiro atoms. The van der Waals surface area contributed by atoms with Gasteiger partial charge >= 0.3 is 0 Å². The summed E-state index contributed by atoms with van der Waals surface area (Å²) in [5.41, 5.74) is 3.71. The van der Waals surface area contributed by atoms with Gasteiger partial charge in [-0.1, -0.05) is 28.9 Å². The smallest absolute Gasteiger partial charge is 0.276 e. The molecule has 9 nitrogen and oxygen atoms in total. The summed E-state index contributed by atoms with van der Waals surface area (Å²) in [7, 11) is 0. The van der Waals surface area contributed by atoms with Gasteiger partial charge in [0, 0.05) is 50.8 Å². The lowest BCUT2D eigenvalue weighted by Crippen LogP contribution is -2.49. The van der Waals surface area contributed by atoms with Crippen molar-refractivity contribution in [1.29, 1.82) is 0 Å². The lowest BCUT2D eigenvalue weighted by Gasteiger charge is -2.28. The number of hydrogen-bond acceptors (Lipinski definition) is 7. The Bertz CT molecular complexity index is 925. The molecule has 2 aliphatic rings. The lowest BCUT2D eigenvalue weighted by atomic mass is 10.1. The van der Waals surface area contributed by atoms with Crippen molar-refractivity contribution in [3.05, 3.63) is 41.0 Å². The number of morpholine rings is 1. The van der Waals surface area contributed by atoms with E-state index in [1.807, 2.05) is 17.1 Å². The Hall–Kier alpha value is -2.46. The summed E-state index contributed by atoms with van der Waals surface area (Å²) in [6.07, 6.45) is 1.97. The second kappa shape index (κ2) is 10.9. The molecule has 1 aromatic carbocycles. The summed E-state index contributed by atoms with van der Waals surface area (Å²) in [6.45, 7) is 3.81. The van der Waals surface area contributed by atoms with Gasteiger partial charge in [0.15, 0.2) is 11.5 Å². The molecule has 0 saturated carbocycles. The van der Waals surface area contributed by atoms with Crippen molar-refractivity contribution in [2.75, 3.05) is 46.0 Å². The molecule has 10 heteroatoms. The first-order chi connectivity index (χ1) is 15.6. The summed E-state index contributed by atoms with van der Waals surface area (Å²) in [5.74, 6) is -0.0308. The van der Waals surface area contributed by atoms with Crippen LogP contribution in [0.15, 0.2) is 34.9 Å². The molecule has 172 valence electrons. The predicted octanol–water partition coefficient (Wildman–Crippen LogP) is 2.37. The zero-order valence-electron chi connectivity index (χ0n) is 17.8. The maximum Gasteiger partial charge on any atom is 0.276 e. The topological polar surface area (TPSA) is 97.1 Å². The molecule has 1 atom stereocenters. The van der Waals surface area contributed by atoms with Gasteiger partial charge in [-0.15, -0.1) is 0 Å². The van der Waals surface area contributed by atoms with Crippen LogP contribution in [-0.4, -0.2) is 79.0 Å². The number of rotatable bonds is 8. The normalized spacial score (nSPS) is 19.1. The first-order valence-corrected chi connectivity index (χ1v) is 11.2. The van der Waals surface area contributed by atoms with E-state index in [1.165, 1.54) is 0 Å². The third-order valence-corrected chi connectivity index (χ3v) is 5.84. The van der Waals surface area contributed by atoms with E-state index < -0.39 is 0 Å². The average molecular weight is 463 g/mol. The van der Waals surface area contributed by atoms with E-state index in [-0.39, 0.29) is 36.6 Å². The molecule has 2 fully saturated rings. The molecule has 2 saturated heterocycles. The molecular weight excluding hydrogens is 436 g/mol. The van der Waals surface area contributed by atoms with E-state index in [9.17, 15) is 9.59 Å². The van der Waals surface area contributed by atoms with Crippen molar-refractivity contribution in [2.45, 2.75) is 25.4 Å². The van der Waals surface area contributed by atoms with Crippen LogP contribution in [-0.2, 0) is 14.3 Å². The van der Waals surface area contributed by atoms with E-state index in [0.29, 0.717) is 55.8 Å². The number of amides is 2. The molecule has 2 aromatic rings. The Kier molecular flexibility index (Phi) is 7.75. The largest absolute Gasteiger partial charge is 0.379 e. The number of nitrogens with zero attached hydrogens (tertiary/aromatic N) is 3. The fraction of sp³-hybridized carbons (Fsp3) is 0.500. The van der Waals surface area contributed by atoms with E-state index in [2.05, 4.69) is 10.6 Å². The number of aromatic nitrogens is 1. The van der Waals surface area contributed by atoms with Crippen LogP contribution in [0.1, 0.15) is 29.8 Å². The zero-order chi connectivity index (χ0) is 22.3. The van der Waals surface area contributed by atoms with Crippen molar-refractivity contribution < 1.29 is 23.6 Å². The number of hydrogen-bond donors (Lipinski definition) is 1. The average Bonchev–Trinajstić information content (AvgIpc) is 3.49. The van der Waals surface area contributed by atoms with Crippen LogP contribution in [0.3, 0.4) is 0 Å². The van der Waals surface area contributed by atoms with Crippen LogP contribution in [0.4, 0.5) is 0 Å². The molecule has 0 bridgehead atoms. The van der Waals surface area contributed by atoms with Crippen molar-refractivity contribution in [3.8, 4) is 11.3 Å². The second-order valence-corrected chi connectivity index (χ2v) is 8.23. The van der Waals surface area contributed by atoms with Crippen molar-refractivity contribution in [3.63, 3.8) is 0 Å². The first-order valence-electron chi connectivity index (χ1n) is 10.8. The van der Waals surface area contributed by atoms with Gasteiger partial charge in [0.25, 0.3) is 5.91 Å². The molecule has 1 N–H and O–H groups in total. The highest BCUT2D eigenvalue weighted by Crippen LogP contribution is 2.28. The Labute approximate surface area is 191 Å². The minimum Gasteiger partial charge on any atom is -0.379 e.